The number of hydrogen-bond acceptors (Lipinski definition) is 3. The van der Waals surface area contributed by atoms with Crippen molar-refractivity contribution in [1.29, 1.82) is 0 Å². The van der Waals surface area contributed by atoms with Crippen LogP contribution in [-0.2, 0) is 0 Å². The molecule has 12 heavy (non-hydrogen) atoms. The molecule has 0 radical (unpaired) electrons. The third-order valence-corrected chi connectivity index (χ3v) is 1.20. The maximum Gasteiger partial charge on any atom is 2.00 e. The molecule has 0 aliphatic rings. The molecule has 0 bridgehead atoms. The summed E-state index contributed by atoms with van der Waals surface area (Å²) in [7, 11) is 0. The molecule has 0 aliphatic carbocycles. The van der Waals surface area contributed by atoms with Crippen molar-refractivity contribution in [2.75, 3.05) is 0 Å². The molecule has 1 rings (SSSR count). The average molecular weight is 196 g/mol. The molecular weight excluding hydrogens is 188 g/mol. The standard InChI is InChI=1S/C6H6N2O3.Ca.2H/c1-4-2-7-5(6(9)10)3-8(4)11;;;/h2-3H,1H3,(H,9,10);;;/q;+2;2*-1. The fourth-order valence-corrected chi connectivity index (χ4v) is 0.577. The van der Waals surface area contributed by atoms with Gasteiger partial charge in [0.1, 0.15) is 0 Å². The molecule has 0 unspecified atom stereocenters. The van der Waals surface area contributed by atoms with Crippen LogP contribution in [0, 0.1) is 12.1 Å². The molecule has 1 heterocycles. The Balaban J connectivity index is -0.000000403. The zero-order valence-electron chi connectivity index (χ0n) is 8.52. The van der Waals surface area contributed by atoms with Crippen molar-refractivity contribution in [3.63, 3.8) is 0 Å². The Morgan fingerprint density at radius 3 is 2.83 bits per heavy atom. The van der Waals surface area contributed by atoms with Crippen LogP contribution < -0.4 is 4.73 Å². The third kappa shape index (κ3) is 2.58. The van der Waals surface area contributed by atoms with Gasteiger partial charge in [-0.1, -0.05) is 0 Å². The van der Waals surface area contributed by atoms with E-state index in [1.807, 2.05) is 0 Å². The van der Waals surface area contributed by atoms with Crippen molar-refractivity contribution < 1.29 is 17.5 Å². The van der Waals surface area contributed by atoms with Crippen molar-refractivity contribution in [3.8, 4) is 0 Å². The maximum absolute atomic E-state index is 10.8. The molecule has 5 nitrogen and oxygen atoms in total. The van der Waals surface area contributed by atoms with Crippen LogP contribution in [0.4, 0.5) is 0 Å². The summed E-state index contributed by atoms with van der Waals surface area (Å²) in [5, 5.41) is 19.1. The van der Waals surface area contributed by atoms with Gasteiger partial charge in [-0.15, -0.1) is 0 Å². The van der Waals surface area contributed by atoms with E-state index in [0.29, 0.717) is 10.4 Å². The minimum atomic E-state index is -1.20. The van der Waals surface area contributed by atoms with Crippen molar-refractivity contribution in [3.05, 3.63) is 29.0 Å². The smallest absolute Gasteiger partial charge is 1.00 e. The molecule has 1 aromatic rings. The zero-order valence-corrected chi connectivity index (χ0v) is 8.73. The normalized spacial score (nSPS) is 8.75. The van der Waals surface area contributed by atoms with E-state index in [0.717, 1.165) is 6.20 Å². The van der Waals surface area contributed by atoms with E-state index in [1.165, 1.54) is 6.20 Å². The molecule has 0 amide bonds. The topological polar surface area (TPSA) is 77.1 Å². The summed E-state index contributed by atoms with van der Waals surface area (Å²) in [6.45, 7) is 1.55. The van der Waals surface area contributed by atoms with Crippen LogP contribution in [0.25, 0.3) is 0 Å². The van der Waals surface area contributed by atoms with Gasteiger partial charge >= 0.3 is 43.7 Å². The van der Waals surface area contributed by atoms with Crippen LogP contribution in [0.15, 0.2) is 12.4 Å². The molecule has 0 saturated heterocycles. The Bertz CT molecular complexity index is 311. The van der Waals surface area contributed by atoms with E-state index in [4.69, 9.17) is 5.11 Å². The molecule has 1 aromatic heterocycles. The van der Waals surface area contributed by atoms with E-state index in [9.17, 15) is 10.0 Å². The Kier molecular flexibility index (Phi) is 4.44. The Morgan fingerprint density at radius 2 is 2.42 bits per heavy atom. The zero-order chi connectivity index (χ0) is 8.43. The third-order valence-electron chi connectivity index (χ3n) is 1.20. The van der Waals surface area contributed by atoms with Gasteiger partial charge in [0, 0.05) is 6.92 Å². The number of aromatic carboxylic acids is 1. The average Bonchev–Trinajstić information content (AvgIpc) is 1.94. The van der Waals surface area contributed by atoms with E-state index in [2.05, 4.69) is 4.98 Å². The summed E-state index contributed by atoms with van der Waals surface area (Å²) < 4.78 is 0.469. The van der Waals surface area contributed by atoms with Gasteiger partial charge in [0.15, 0.2) is 0 Å². The number of aromatic nitrogens is 2. The van der Waals surface area contributed by atoms with Crippen LogP contribution >= 0.6 is 0 Å². The Labute approximate surface area is 102 Å². The quantitative estimate of drug-likeness (QED) is 0.375. The predicted octanol–water partition coefficient (Wildman–Crippen LogP) is -0.434. The first kappa shape index (κ1) is 11.6. The number of carbonyl (C=O) groups is 1. The number of nitrogens with zero attached hydrogens (tertiary/aromatic N) is 2. The number of rotatable bonds is 1. The van der Waals surface area contributed by atoms with E-state index >= 15 is 0 Å². The predicted molar refractivity (Wildman–Crippen MR) is 42.9 cm³/mol. The van der Waals surface area contributed by atoms with Crippen molar-refractivity contribution >= 4 is 43.7 Å². The number of carboxylic acid groups (broad SMARTS) is 1. The summed E-state index contributed by atoms with van der Waals surface area (Å²) in [6, 6.07) is 0. The molecule has 0 saturated carbocycles. The first-order valence-electron chi connectivity index (χ1n) is 2.90. The minimum Gasteiger partial charge on any atom is -1.00 e. The van der Waals surface area contributed by atoms with Crippen LogP contribution in [0.5, 0.6) is 0 Å². The summed E-state index contributed by atoms with van der Waals surface area (Å²) in [6.07, 6.45) is 2.15. The Morgan fingerprint density at radius 1 is 1.83 bits per heavy atom. The fourth-order valence-electron chi connectivity index (χ4n) is 0.577. The summed E-state index contributed by atoms with van der Waals surface area (Å²) in [5.41, 5.74) is 0.126. The minimum absolute atomic E-state index is 0. The second-order valence-electron chi connectivity index (χ2n) is 2.04. The Hall–Kier alpha value is -0.390. The van der Waals surface area contributed by atoms with Gasteiger partial charge in [-0.3, -0.25) is 0 Å². The molecule has 0 spiro atoms. The van der Waals surface area contributed by atoms with Gasteiger partial charge in [0.2, 0.25) is 17.6 Å². The van der Waals surface area contributed by atoms with Crippen LogP contribution in [-0.4, -0.2) is 53.8 Å². The van der Waals surface area contributed by atoms with Gasteiger partial charge in [-0.05, 0) is 0 Å². The van der Waals surface area contributed by atoms with Crippen LogP contribution in [0.2, 0.25) is 0 Å². The summed E-state index contributed by atoms with van der Waals surface area (Å²) in [4.78, 5) is 13.8. The first-order chi connectivity index (χ1) is 5.11. The molecular formula is C6H8CaN2O3. The largest absolute Gasteiger partial charge is 2.00 e. The van der Waals surface area contributed by atoms with Gasteiger partial charge in [-0.25, -0.2) is 9.78 Å². The number of aryl methyl sites for hydroxylation is 1. The molecule has 0 atom stereocenters. The van der Waals surface area contributed by atoms with E-state index in [1.54, 1.807) is 6.92 Å². The molecule has 0 aromatic carbocycles. The van der Waals surface area contributed by atoms with Crippen LogP contribution in [0.1, 0.15) is 19.0 Å². The molecule has 0 aliphatic heterocycles. The monoisotopic (exact) mass is 196 g/mol. The maximum atomic E-state index is 10.8. The van der Waals surface area contributed by atoms with Crippen molar-refractivity contribution in [1.82, 2.24) is 4.98 Å². The van der Waals surface area contributed by atoms with Gasteiger partial charge < -0.3 is 13.2 Å². The van der Waals surface area contributed by atoms with Crippen molar-refractivity contribution in [2.24, 2.45) is 0 Å². The molecule has 1 N–H and O–H groups in total. The van der Waals surface area contributed by atoms with E-state index in [-0.39, 0.29) is 46.3 Å². The second kappa shape index (κ2) is 4.59. The van der Waals surface area contributed by atoms with Gasteiger partial charge in [0.25, 0.3) is 0 Å². The first-order valence-corrected chi connectivity index (χ1v) is 2.90. The second-order valence-corrected chi connectivity index (χ2v) is 2.04. The van der Waals surface area contributed by atoms with Gasteiger partial charge in [-0.2, -0.15) is 4.73 Å². The SMILES string of the molecule is Cc1cnc(C(=O)O)c[n+]1[O-].[Ca+2].[H-].[H-]. The fraction of sp³-hybridized carbons (Fsp3) is 0.167. The van der Waals surface area contributed by atoms with Crippen LogP contribution in [0.3, 0.4) is 0 Å². The number of carboxylic acids is 1. The van der Waals surface area contributed by atoms with E-state index < -0.39 is 5.97 Å². The number of hydrogen-bond donors (Lipinski definition) is 1. The summed E-state index contributed by atoms with van der Waals surface area (Å²) >= 11 is 0. The summed E-state index contributed by atoms with van der Waals surface area (Å²) in [5.74, 6) is -1.20. The molecule has 6 heteroatoms. The molecule has 0 fully saturated rings. The van der Waals surface area contributed by atoms with Crippen molar-refractivity contribution in [2.45, 2.75) is 6.92 Å². The molecule has 62 valence electrons. The van der Waals surface area contributed by atoms with Gasteiger partial charge in [0.05, 0.1) is 6.20 Å².